The van der Waals surface area contributed by atoms with Crippen molar-refractivity contribution in [2.45, 2.75) is 13.0 Å². The number of hydrogen-bond donors (Lipinski definition) is 2. The van der Waals surface area contributed by atoms with Gasteiger partial charge in [-0.1, -0.05) is 29.8 Å². The van der Waals surface area contributed by atoms with E-state index in [0.717, 1.165) is 11.5 Å². The Kier molecular flexibility index (Phi) is 4.05. The summed E-state index contributed by atoms with van der Waals surface area (Å²) >= 11 is 5.86. The van der Waals surface area contributed by atoms with E-state index in [2.05, 4.69) is 34.7 Å². The predicted octanol–water partition coefficient (Wildman–Crippen LogP) is 3.95. The summed E-state index contributed by atoms with van der Waals surface area (Å²) in [5, 5.41) is 6.95. The van der Waals surface area contributed by atoms with Gasteiger partial charge in [0.1, 0.15) is 11.0 Å². The SMILES string of the molecule is CNc1cccc(C(C)Nc2cccc(Cl)n2)c1. The predicted molar refractivity (Wildman–Crippen MR) is 77.3 cm³/mol. The number of nitrogens with one attached hydrogen (secondary N) is 2. The van der Waals surface area contributed by atoms with Gasteiger partial charge in [-0.3, -0.25) is 0 Å². The minimum Gasteiger partial charge on any atom is -0.388 e. The molecule has 0 amide bonds. The second-order valence-corrected chi connectivity index (χ2v) is 4.47. The fourth-order valence-electron chi connectivity index (χ4n) is 1.76. The topological polar surface area (TPSA) is 37.0 Å². The van der Waals surface area contributed by atoms with Crippen LogP contribution in [0, 0.1) is 0 Å². The first-order chi connectivity index (χ1) is 8.69. The van der Waals surface area contributed by atoms with Gasteiger partial charge in [0.2, 0.25) is 0 Å². The minimum atomic E-state index is 0.171. The summed E-state index contributed by atoms with van der Waals surface area (Å²) in [6.45, 7) is 2.09. The van der Waals surface area contributed by atoms with E-state index in [0.29, 0.717) is 5.15 Å². The van der Waals surface area contributed by atoms with Crippen LogP contribution in [0.25, 0.3) is 0 Å². The lowest BCUT2D eigenvalue weighted by Crippen LogP contribution is -2.08. The molecule has 0 fully saturated rings. The van der Waals surface area contributed by atoms with Crippen LogP contribution < -0.4 is 10.6 Å². The number of benzene rings is 1. The zero-order valence-electron chi connectivity index (χ0n) is 10.4. The summed E-state index contributed by atoms with van der Waals surface area (Å²) in [5.41, 5.74) is 2.30. The van der Waals surface area contributed by atoms with Crippen LogP contribution in [0.1, 0.15) is 18.5 Å². The lowest BCUT2D eigenvalue weighted by atomic mass is 10.1. The highest BCUT2D eigenvalue weighted by Crippen LogP contribution is 2.21. The van der Waals surface area contributed by atoms with E-state index in [9.17, 15) is 0 Å². The molecule has 0 bridgehead atoms. The van der Waals surface area contributed by atoms with Gasteiger partial charge in [0, 0.05) is 12.7 Å². The standard InChI is InChI=1S/C14H16ClN3/c1-10(11-5-3-6-12(9-11)16-2)17-14-8-4-7-13(15)18-14/h3-10,16H,1-2H3,(H,17,18). The Morgan fingerprint density at radius 1 is 1.17 bits per heavy atom. The molecule has 3 nitrogen and oxygen atoms in total. The van der Waals surface area contributed by atoms with E-state index in [1.807, 2.05) is 31.3 Å². The van der Waals surface area contributed by atoms with E-state index >= 15 is 0 Å². The fourth-order valence-corrected chi connectivity index (χ4v) is 1.92. The van der Waals surface area contributed by atoms with E-state index in [-0.39, 0.29) is 6.04 Å². The third kappa shape index (κ3) is 3.14. The molecule has 0 spiro atoms. The summed E-state index contributed by atoms with van der Waals surface area (Å²) in [5.74, 6) is 0.782. The van der Waals surface area contributed by atoms with Crippen molar-refractivity contribution in [3.8, 4) is 0 Å². The molecule has 2 aromatic rings. The lowest BCUT2D eigenvalue weighted by Gasteiger charge is -2.16. The number of anilines is 2. The summed E-state index contributed by atoms with van der Waals surface area (Å²) in [7, 11) is 1.91. The average molecular weight is 262 g/mol. The van der Waals surface area contributed by atoms with Crippen LogP contribution in [-0.4, -0.2) is 12.0 Å². The quantitative estimate of drug-likeness (QED) is 0.819. The molecule has 0 aliphatic heterocycles. The number of nitrogens with zero attached hydrogens (tertiary/aromatic N) is 1. The zero-order chi connectivity index (χ0) is 13.0. The van der Waals surface area contributed by atoms with Crippen molar-refractivity contribution in [2.24, 2.45) is 0 Å². The molecule has 94 valence electrons. The monoisotopic (exact) mass is 261 g/mol. The van der Waals surface area contributed by atoms with Crippen molar-refractivity contribution in [3.63, 3.8) is 0 Å². The van der Waals surface area contributed by atoms with Crippen molar-refractivity contribution >= 4 is 23.1 Å². The Morgan fingerprint density at radius 3 is 2.67 bits per heavy atom. The summed E-state index contributed by atoms with van der Waals surface area (Å²) in [6, 6.07) is 14.0. The molecule has 18 heavy (non-hydrogen) atoms. The maximum atomic E-state index is 5.86. The van der Waals surface area contributed by atoms with Crippen LogP contribution in [0.5, 0.6) is 0 Å². The molecule has 1 heterocycles. The van der Waals surface area contributed by atoms with Crippen LogP contribution in [-0.2, 0) is 0 Å². The zero-order valence-corrected chi connectivity index (χ0v) is 11.2. The second kappa shape index (κ2) is 5.74. The first kappa shape index (κ1) is 12.7. The van der Waals surface area contributed by atoms with Crippen LogP contribution in [0.15, 0.2) is 42.5 Å². The molecule has 2 N–H and O–H groups in total. The van der Waals surface area contributed by atoms with Gasteiger partial charge in [-0.25, -0.2) is 4.98 Å². The molecule has 0 aliphatic carbocycles. The molecule has 0 radical (unpaired) electrons. The van der Waals surface area contributed by atoms with Crippen LogP contribution in [0.3, 0.4) is 0 Å². The molecule has 4 heteroatoms. The van der Waals surface area contributed by atoms with Crippen molar-refractivity contribution in [3.05, 3.63) is 53.2 Å². The molecule has 1 atom stereocenters. The maximum absolute atomic E-state index is 5.86. The summed E-state index contributed by atoms with van der Waals surface area (Å²) in [4.78, 5) is 4.22. The molecule has 0 aliphatic rings. The maximum Gasteiger partial charge on any atom is 0.131 e. The van der Waals surface area contributed by atoms with Crippen LogP contribution in [0.4, 0.5) is 11.5 Å². The van der Waals surface area contributed by atoms with Gasteiger partial charge in [-0.2, -0.15) is 0 Å². The normalized spacial score (nSPS) is 11.9. The Hall–Kier alpha value is -1.74. The van der Waals surface area contributed by atoms with Gasteiger partial charge in [0.25, 0.3) is 0 Å². The largest absolute Gasteiger partial charge is 0.388 e. The van der Waals surface area contributed by atoms with Crippen molar-refractivity contribution in [1.82, 2.24) is 4.98 Å². The molecule has 1 aromatic heterocycles. The Morgan fingerprint density at radius 2 is 1.94 bits per heavy atom. The molecule has 2 rings (SSSR count). The highest BCUT2D eigenvalue weighted by Gasteiger charge is 2.06. The van der Waals surface area contributed by atoms with E-state index in [4.69, 9.17) is 11.6 Å². The molecule has 1 unspecified atom stereocenters. The number of pyridine rings is 1. The summed E-state index contributed by atoms with van der Waals surface area (Å²) < 4.78 is 0. The second-order valence-electron chi connectivity index (χ2n) is 4.09. The van der Waals surface area contributed by atoms with E-state index < -0.39 is 0 Å². The van der Waals surface area contributed by atoms with Gasteiger partial charge in [0.05, 0.1) is 6.04 Å². The van der Waals surface area contributed by atoms with Crippen LogP contribution >= 0.6 is 11.6 Å². The Bertz CT molecular complexity index is 528. The Balaban J connectivity index is 2.13. The van der Waals surface area contributed by atoms with Gasteiger partial charge in [-0.05, 0) is 36.8 Å². The summed E-state index contributed by atoms with van der Waals surface area (Å²) in [6.07, 6.45) is 0. The lowest BCUT2D eigenvalue weighted by molar-refractivity contribution is 0.875. The van der Waals surface area contributed by atoms with Gasteiger partial charge in [-0.15, -0.1) is 0 Å². The molecule has 0 saturated carbocycles. The van der Waals surface area contributed by atoms with E-state index in [1.54, 1.807) is 6.07 Å². The third-order valence-electron chi connectivity index (χ3n) is 2.75. The number of aromatic nitrogens is 1. The molecule has 0 saturated heterocycles. The van der Waals surface area contributed by atoms with Crippen molar-refractivity contribution in [2.75, 3.05) is 17.7 Å². The number of halogens is 1. The first-order valence-corrected chi connectivity index (χ1v) is 6.23. The fraction of sp³-hybridized carbons (Fsp3) is 0.214. The Labute approximate surface area is 112 Å². The average Bonchev–Trinajstić information content (AvgIpc) is 2.39. The van der Waals surface area contributed by atoms with Gasteiger partial charge >= 0.3 is 0 Å². The third-order valence-corrected chi connectivity index (χ3v) is 2.97. The van der Waals surface area contributed by atoms with Crippen molar-refractivity contribution in [1.29, 1.82) is 0 Å². The molecular formula is C14H16ClN3. The number of hydrogen-bond acceptors (Lipinski definition) is 3. The van der Waals surface area contributed by atoms with Crippen LogP contribution in [0.2, 0.25) is 5.15 Å². The van der Waals surface area contributed by atoms with Gasteiger partial charge < -0.3 is 10.6 Å². The minimum absolute atomic E-state index is 0.171. The molecule has 1 aromatic carbocycles. The number of rotatable bonds is 4. The highest BCUT2D eigenvalue weighted by atomic mass is 35.5. The van der Waals surface area contributed by atoms with E-state index in [1.165, 1.54) is 5.56 Å². The smallest absolute Gasteiger partial charge is 0.131 e. The first-order valence-electron chi connectivity index (χ1n) is 5.86. The van der Waals surface area contributed by atoms with Gasteiger partial charge in [0.15, 0.2) is 0 Å². The van der Waals surface area contributed by atoms with Crippen molar-refractivity contribution < 1.29 is 0 Å². The molecular weight excluding hydrogens is 246 g/mol. The highest BCUT2D eigenvalue weighted by molar-refractivity contribution is 6.29.